The Balaban J connectivity index is 0.805. The Kier molecular flexibility index (Phi) is 8.21. The minimum absolute atomic E-state index is 1.21. The van der Waals surface area contributed by atoms with Crippen LogP contribution in [-0.4, -0.2) is 0 Å². The van der Waals surface area contributed by atoms with Gasteiger partial charge >= 0.3 is 0 Å². The van der Waals surface area contributed by atoms with E-state index < -0.39 is 0 Å². The van der Waals surface area contributed by atoms with E-state index in [1.54, 1.807) is 0 Å². The molecule has 0 amide bonds. The molecule has 0 unspecified atom stereocenters. The molecular formula is C66H38S2. The van der Waals surface area contributed by atoms with E-state index in [1.807, 2.05) is 22.7 Å². The van der Waals surface area contributed by atoms with Crippen molar-refractivity contribution in [3.05, 3.63) is 229 Å². The lowest BCUT2D eigenvalue weighted by Gasteiger charge is -2.17. The van der Waals surface area contributed by atoms with Crippen LogP contribution in [0.4, 0.5) is 0 Å². The van der Waals surface area contributed by atoms with Crippen LogP contribution >= 0.6 is 22.7 Å². The Labute approximate surface area is 400 Å². The fraction of sp³-hybridized carbons (Fsp3) is 0. The van der Waals surface area contributed by atoms with E-state index in [9.17, 15) is 0 Å². The Morgan fingerprint density at radius 1 is 0.206 bits per heavy atom. The molecule has 0 radical (unpaired) electrons. The van der Waals surface area contributed by atoms with Gasteiger partial charge in [-0.2, -0.15) is 0 Å². The minimum Gasteiger partial charge on any atom is -0.143 e. The van der Waals surface area contributed by atoms with Gasteiger partial charge in [0.1, 0.15) is 0 Å². The molecule has 68 heavy (non-hydrogen) atoms. The molecule has 0 fully saturated rings. The average molecular weight is 895 g/mol. The minimum atomic E-state index is 1.21. The predicted molar refractivity (Wildman–Crippen MR) is 297 cm³/mol. The number of fused-ring (bicyclic) bond motifs is 2. The maximum absolute atomic E-state index is 2.38. The molecule has 0 saturated carbocycles. The zero-order valence-electron chi connectivity index (χ0n) is 36.8. The van der Waals surface area contributed by atoms with Crippen molar-refractivity contribution in [2.75, 3.05) is 0 Å². The van der Waals surface area contributed by atoms with Crippen LogP contribution in [0.1, 0.15) is 0 Å². The van der Waals surface area contributed by atoms with Crippen molar-refractivity contribution in [1.29, 1.82) is 0 Å². The standard InChI is InChI=1S/C66H38S2/c1-3-16-61-53(14-1)59(37-67-61)51-28-20-41-22-30-55-49(26-18-39-24-32-57(51)65(41)63(39)55)47-12-6-10-45(35-47)43-8-5-9-44(34-43)46-11-7-13-48(36-46)50-27-19-40-25-33-58-52(60-38-68-62-17-4-2-15-54(60)62)29-21-42-23-31-56(50)64(40)66(42)58/h1-38H. The molecule has 0 saturated heterocycles. The quantitative estimate of drug-likeness (QED) is 0.146. The van der Waals surface area contributed by atoms with E-state index >= 15 is 0 Å². The van der Waals surface area contributed by atoms with Crippen molar-refractivity contribution >= 4 is 107 Å². The highest BCUT2D eigenvalue weighted by atomic mass is 32.1. The van der Waals surface area contributed by atoms with Gasteiger partial charge in [-0.15, -0.1) is 22.7 Å². The van der Waals surface area contributed by atoms with E-state index in [0.29, 0.717) is 0 Å². The van der Waals surface area contributed by atoms with Crippen LogP contribution in [0.25, 0.3) is 152 Å². The third-order valence-electron chi connectivity index (χ3n) is 14.7. The van der Waals surface area contributed by atoms with Gasteiger partial charge in [0.2, 0.25) is 0 Å². The van der Waals surface area contributed by atoms with Gasteiger partial charge in [0.05, 0.1) is 0 Å². The molecule has 0 bridgehead atoms. The molecule has 0 aliphatic carbocycles. The number of hydrogen-bond acceptors (Lipinski definition) is 2. The van der Waals surface area contributed by atoms with Gasteiger partial charge in [0, 0.05) is 31.3 Å². The van der Waals surface area contributed by atoms with E-state index in [2.05, 4.69) is 229 Å². The van der Waals surface area contributed by atoms with Gasteiger partial charge in [-0.05, 0) is 161 Å². The first-order valence-corrected chi connectivity index (χ1v) is 25.1. The Hall–Kier alpha value is -8.14. The fourth-order valence-electron chi connectivity index (χ4n) is 11.6. The monoisotopic (exact) mass is 894 g/mol. The molecule has 0 nitrogen and oxygen atoms in total. The molecule has 2 aromatic heterocycles. The van der Waals surface area contributed by atoms with Gasteiger partial charge in [0.25, 0.3) is 0 Å². The molecule has 2 heterocycles. The topological polar surface area (TPSA) is 0 Å². The first-order chi connectivity index (χ1) is 33.7. The van der Waals surface area contributed by atoms with Gasteiger partial charge in [-0.25, -0.2) is 0 Å². The lowest BCUT2D eigenvalue weighted by molar-refractivity contribution is 1.58. The van der Waals surface area contributed by atoms with Crippen LogP contribution in [0, 0.1) is 0 Å². The molecule has 15 rings (SSSR count). The predicted octanol–water partition coefficient (Wildman–Crippen LogP) is 19.9. The number of rotatable bonds is 6. The molecule has 0 atom stereocenters. The zero-order chi connectivity index (χ0) is 44.5. The first-order valence-electron chi connectivity index (χ1n) is 23.4. The van der Waals surface area contributed by atoms with Crippen molar-refractivity contribution < 1.29 is 0 Å². The maximum atomic E-state index is 2.38. The first kappa shape index (κ1) is 38.0. The summed E-state index contributed by atoms with van der Waals surface area (Å²) in [6.07, 6.45) is 0. The second-order valence-electron chi connectivity index (χ2n) is 18.3. The van der Waals surface area contributed by atoms with Gasteiger partial charge in [-0.1, -0.05) is 188 Å². The highest BCUT2D eigenvalue weighted by molar-refractivity contribution is 7.18. The number of thiophene rings is 2. The summed E-state index contributed by atoms with van der Waals surface area (Å²) in [6.45, 7) is 0. The smallest absolute Gasteiger partial charge is 0.0349 e. The maximum Gasteiger partial charge on any atom is 0.0349 e. The number of benzene rings is 13. The van der Waals surface area contributed by atoms with Crippen molar-refractivity contribution in [3.63, 3.8) is 0 Å². The fourth-order valence-corrected chi connectivity index (χ4v) is 13.5. The summed E-state index contributed by atoms with van der Waals surface area (Å²) in [4.78, 5) is 0. The summed E-state index contributed by atoms with van der Waals surface area (Å²) < 4.78 is 2.65. The SMILES string of the molecule is c1cc(-c2cccc(-c3ccc4ccc5c(-c6csc7ccccc67)ccc6ccc3c4c65)c2)cc(-c2cccc(-c3ccc4ccc5c(-c6csc7ccccc67)ccc6ccc3c4c65)c2)c1. The molecule has 314 valence electrons. The van der Waals surface area contributed by atoms with Crippen LogP contribution in [0.3, 0.4) is 0 Å². The average Bonchev–Trinajstić information content (AvgIpc) is 4.04. The highest BCUT2D eigenvalue weighted by Crippen LogP contribution is 2.47. The molecule has 13 aromatic carbocycles. The summed E-state index contributed by atoms with van der Waals surface area (Å²) in [5.74, 6) is 0. The van der Waals surface area contributed by atoms with Crippen molar-refractivity contribution in [3.8, 4) is 66.8 Å². The molecular weight excluding hydrogens is 857 g/mol. The normalized spacial score (nSPS) is 12.1. The summed E-state index contributed by atoms with van der Waals surface area (Å²) >= 11 is 3.66. The number of hydrogen-bond donors (Lipinski definition) is 0. The van der Waals surface area contributed by atoms with E-state index in [4.69, 9.17) is 0 Å². The molecule has 0 aliphatic rings. The van der Waals surface area contributed by atoms with E-state index in [1.165, 1.54) is 152 Å². The summed E-state index contributed by atoms with van der Waals surface area (Å²) in [5, 5.41) is 23.0. The lowest BCUT2D eigenvalue weighted by atomic mass is 9.86. The van der Waals surface area contributed by atoms with Crippen LogP contribution < -0.4 is 0 Å². The second-order valence-corrected chi connectivity index (χ2v) is 20.2. The Morgan fingerprint density at radius 3 is 0.912 bits per heavy atom. The van der Waals surface area contributed by atoms with Gasteiger partial charge < -0.3 is 0 Å². The van der Waals surface area contributed by atoms with Crippen molar-refractivity contribution in [2.45, 2.75) is 0 Å². The molecule has 0 spiro atoms. The van der Waals surface area contributed by atoms with Crippen molar-refractivity contribution in [1.82, 2.24) is 0 Å². The van der Waals surface area contributed by atoms with Gasteiger partial charge in [0.15, 0.2) is 0 Å². The summed E-state index contributed by atoms with van der Waals surface area (Å²) in [7, 11) is 0. The highest BCUT2D eigenvalue weighted by Gasteiger charge is 2.19. The van der Waals surface area contributed by atoms with Crippen LogP contribution in [0.5, 0.6) is 0 Å². The summed E-state index contributed by atoms with van der Waals surface area (Å²) in [6, 6.07) is 82.0. The van der Waals surface area contributed by atoms with Crippen LogP contribution in [0.2, 0.25) is 0 Å². The molecule has 0 N–H and O–H groups in total. The molecule has 0 aliphatic heterocycles. The van der Waals surface area contributed by atoms with Gasteiger partial charge in [-0.3, -0.25) is 0 Å². The molecule has 2 heteroatoms. The van der Waals surface area contributed by atoms with Crippen LogP contribution in [-0.2, 0) is 0 Å². The third kappa shape index (κ3) is 5.66. The second kappa shape index (κ2) is 14.7. The summed E-state index contributed by atoms with van der Waals surface area (Å²) in [5.41, 5.74) is 15.0. The lowest BCUT2D eigenvalue weighted by Crippen LogP contribution is -1.90. The van der Waals surface area contributed by atoms with E-state index in [-0.39, 0.29) is 0 Å². The largest absolute Gasteiger partial charge is 0.143 e. The van der Waals surface area contributed by atoms with E-state index in [0.717, 1.165) is 0 Å². The zero-order valence-corrected chi connectivity index (χ0v) is 38.4. The third-order valence-corrected chi connectivity index (χ3v) is 16.7. The Bertz CT molecular complexity index is 4220. The van der Waals surface area contributed by atoms with Crippen molar-refractivity contribution in [2.24, 2.45) is 0 Å². The Morgan fingerprint density at radius 2 is 0.515 bits per heavy atom. The molecule has 15 aromatic rings. The van der Waals surface area contributed by atoms with Crippen LogP contribution in [0.15, 0.2) is 229 Å².